The first-order valence-electron chi connectivity index (χ1n) is 13.8. The monoisotopic (exact) mass is 612 g/mol. The standard InChI is InChI=1S/C32H30F2N8OS/c1-2-39-30(36)27-12-22(5-7-28(27)35)29-8-6-25(44-29)17-41-31-26(4-3-9-40-31)32(43)42(18-20-10-23(33)15-37-13-20)19-21-11-24(34)16-38-14-21/h3-16H,2,17-19,35H2,1H3,(H2,36,39)(H,40,41). The number of hydrogen-bond donors (Lipinski definition) is 3. The van der Waals surface area contributed by atoms with Crippen LogP contribution in [0, 0.1) is 11.6 Å². The van der Waals surface area contributed by atoms with E-state index in [0.29, 0.717) is 52.7 Å². The third kappa shape index (κ3) is 7.39. The molecule has 0 aliphatic heterocycles. The van der Waals surface area contributed by atoms with Gasteiger partial charge >= 0.3 is 0 Å². The number of rotatable bonds is 11. The van der Waals surface area contributed by atoms with Crippen molar-refractivity contribution in [2.24, 2.45) is 10.7 Å². The van der Waals surface area contributed by atoms with Gasteiger partial charge in [-0.25, -0.2) is 13.8 Å². The number of aromatic nitrogens is 3. The summed E-state index contributed by atoms with van der Waals surface area (Å²) in [6.45, 7) is 2.96. The van der Waals surface area contributed by atoms with Crippen LogP contribution in [0.15, 0.2) is 90.6 Å². The minimum Gasteiger partial charge on any atom is -0.398 e. The summed E-state index contributed by atoms with van der Waals surface area (Å²) in [4.78, 5) is 33.9. The van der Waals surface area contributed by atoms with Crippen molar-refractivity contribution in [3.8, 4) is 10.4 Å². The Labute approximate surface area is 257 Å². The Morgan fingerprint density at radius 1 is 0.955 bits per heavy atom. The summed E-state index contributed by atoms with van der Waals surface area (Å²) >= 11 is 1.58. The number of thiophene rings is 1. The van der Waals surface area contributed by atoms with Gasteiger partial charge in [-0.1, -0.05) is 6.07 Å². The van der Waals surface area contributed by atoms with Crippen molar-refractivity contribution < 1.29 is 13.6 Å². The molecule has 0 fully saturated rings. The molecule has 9 nitrogen and oxygen atoms in total. The van der Waals surface area contributed by atoms with Gasteiger partial charge in [0.25, 0.3) is 5.91 Å². The molecule has 0 spiro atoms. The predicted molar refractivity (Wildman–Crippen MR) is 169 cm³/mol. The van der Waals surface area contributed by atoms with Crippen LogP contribution >= 0.6 is 11.3 Å². The first-order valence-corrected chi connectivity index (χ1v) is 14.6. The molecule has 0 aliphatic carbocycles. The van der Waals surface area contributed by atoms with E-state index in [9.17, 15) is 13.6 Å². The Morgan fingerprint density at radius 3 is 2.32 bits per heavy atom. The number of carbonyl (C=O) groups excluding carboxylic acids is 1. The molecule has 5 N–H and O–H groups in total. The van der Waals surface area contributed by atoms with Gasteiger partial charge in [0.15, 0.2) is 0 Å². The summed E-state index contributed by atoms with van der Waals surface area (Å²) in [5, 5.41) is 3.28. The number of aliphatic imine (C=N–C) groups is 1. The lowest BCUT2D eigenvalue weighted by Crippen LogP contribution is -2.31. The molecule has 4 heterocycles. The number of benzene rings is 1. The number of nitrogens with one attached hydrogen (secondary N) is 1. The minimum absolute atomic E-state index is 0.0415. The van der Waals surface area contributed by atoms with Crippen LogP contribution in [0.3, 0.4) is 0 Å². The number of pyridine rings is 3. The summed E-state index contributed by atoms with van der Waals surface area (Å²) < 4.78 is 27.8. The number of nitrogens with two attached hydrogens (primary N) is 2. The van der Waals surface area contributed by atoms with E-state index in [0.717, 1.165) is 27.7 Å². The molecule has 0 unspecified atom stereocenters. The molecule has 44 heavy (non-hydrogen) atoms. The average molecular weight is 613 g/mol. The summed E-state index contributed by atoms with van der Waals surface area (Å²) in [5.74, 6) is -0.635. The highest BCUT2D eigenvalue weighted by atomic mass is 32.1. The van der Waals surface area contributed by atoms with E-state index in [1.165, 1.54) is 29.4 Å². The first kappa shape index (κ1) is 30.2. The highest BCUT2D eigenvalue weighted by Gasteiger charge is 2.21. The number of halogens is 2. The van der Waals surface area contributed by atoms with Crippen LogP contribution in [-0.4, -0.2) is 38.1 Å². The van der Waals surface area contributed by atoms with Crippen LogP contribution in [0.25, 0.3) is 10.4 Å². The zero-order valence-corrected chi connectivity index (χ0v) is 24.7. The lowest BCUT2D eigenvalue weighted by molar-refractivity contribution is 0.0730. The highest BCUT2D eigenvalue weighted by molar-refractivity contribution is 7.15. The number of anilines is 2. The molecule has 5 rings (SSSR count). The maximum Gasteiger partial charge on any atom is 0.258 e. The van der Waals surface area contributed by atoms with E-state index in [-0.39, 0.29) is 19.0 Å². The second kappa shape index (κ2) is 13.8. The van der Waals surface area contributed by atoms with Crippen LogP contribution in [0.1, 0.15) is 38.8 Å². The van der Waals surface area contributed by atoms with E-state index in [4.69, 9.17) is 11.5 Å². The van der Waals surface area contributed by atoms with Crippen LogP contribution in [-0.2, 0) is 19.6 Å². The van der Waals surface area contributed by atoms with E-state index >= 15 is 0 Å². The largest absolute Gasteiger partial charge is 0.398 e. The number of amides is 1. The van der Waals surface area contributed by atoms with E-state index in [1.54, 1.807) is 29.7 Å². The van der Waals surface area contributed by atoms with Gasteiger partial charge in [0.2, 0.25) is 0 Å². The van der Waals surface area contributed by atoms with Crippen molar-refractivity contribution in [2.75, 3.05) is 17.6 Å². The highest BCUT2D eigenvalue weighted by Crippen LogP contribution is 2.31. The third-order valence-electron chi connectivity index (χ3n) is 6.63. The van der Waals surface area contributed by atoms with Crippen molar-refractivity contribution in [1.82, 2.24) is 19.9 Å². The average Bonchev–Trinajstić information content (AvgIpc) is 3.49. The van der Waals surface area contributed by atoms with Gasteiger partial charge in [-0.2, -0.15) is 0 Å². The first-order chi connectivity index (χ1) is 21.3. The lowest BCUT2D eigenvalue weighted by atomic mass is 10.1. The molecule has 0 saturated heterocycles. The molecule has 5 aromatic rings. The van der Waals surface area contributed by atoms with E-state index in [2.05, 4.69) is 25.3 Å². The minimum atomic E-state index is -0.519. The van der Waals surface area contributed by atoms with Crippen molar-refractivity contribution in [3.63, 3.8) is 0 Å². The summed E-state index contributed by atoms with van der Waals surface area (Å²) in [5.41, 5.74) is 15.7. The molecule has 0 bridgehead atoms. The van der Waals surface area contributed by atoms with Crippen molar-refractivity contribution in [1.29, 1.82) is 0 Å². The van der Waals surface area contributed by atoms with Gasteiger partial charge in [-0.05, 0) is 72.1 Å². The Bertz CT molecular complexity index is 1760. The Balaban J connectivity index is 1.36. The molecule has 0 radical (unpaired) electrons. The fourth-order valence-electron chi connectivity index (χ4n) is 4.60. The lowest BCUT2D eigenvalue weighted by Gasteiger charge is -2.24. The molecule has 4 aromatic heterocycles. The van der Waals surface area contributed by atoms with Gasteiger partial charge in [-0.15, -0.1) is 11.3 Å². The third-order valence-corrected chi connectivity index (χ3v) is 7.76. The summed E-state index contributed by atoms with van der Waals surface area (Å²) in [6, 6.07) is 15.6. The summed E-state index contributed by atoms with van der Waals surface area (Å²) in [7, 11) is 0. The molecular weight excluding hydrogens is 582 g/mol. The molecular formula is C32H30F2N8OS. The number of nitrogen functional groups attached to an aromatic ring is 1. The number of hydrogen-bond acceptors (Lipinski definition) is 8. The van der Waals surface area contributed by atoms with Crippen LogP contribution in [0.4, 0.5) is 20.3 Å². The number of carbonyl (C=O) groups is 1. The molecule has 0 saturated carbocycles. The van der Waals surface area contributed by atoms with Crippen LogP contribution in [0.2, 0.25) is 0 Å². The van der Waals surface area contributed by atoms with Gasteiger partial charge in [0, 0.05) is 59.2 Å². The smallest absolute Gasteiger partial charge is 0.258 e. The van der Waals surface area contributed by atoms with Gasteiger partial charge < -0.3 is 21.7 Å². The van der Waals surface area contributed by atoms with Gasteiger partial charge in [0.1, 0.15) is 23.3 Å². The zero-order valence-electron chi connectivity index (χ0n) is 23.9. The fraction of sp³-hybridized carbons (Fsp3) is 0.156. The summed E-state index contributed by atoms with van der Waals surface area (Å²) in [6.07, 6.45) is 6.74. The second-order valence-electron chi connectivity index (χ2n) is 9.86. The Hall–Kier alpha value is -5.23. The number of amidine groups is 1. The van der Waals surface area contributed by atoms with E-state index in [1.807, 2.05) is 37.3 Å². The fourth-order valence-corrected chi connectivity index (χ4v) is 5.54. The Kier molecular flexibility index (Phi) is 9.50. The topological polar surface area (TPSA) is 135 Å². The van der Waals surface area contributed by atoms with Crippen molar-refractivity contribution in [3.05, 3.63) is 124 Å². The molecule has 0 aliphatic rings. The number of nitrogens with zero attached hydrogens (tertiary/aromatic N) is 5. The molecule has 0 atom stereocenters. The van der Waals surface area contributed by atoms with E-state index < -0.39 is 11.6 Å². The Morgan fingerprint density at radius 2 is 1.66 bits per heavy atom. The second-order valence-corrected chi connectivity index (χ2v) is 11.0. The SMILES string of the molecule is CCN=C(N)c1cc(-c2ccc(CNc3ncccc3C(=O)N(Cc3cncc(F)c3)Cc3cncc(F)c3)s2)ccc1N. The zero-order chi connectivity index (χ0) is 31.1. The van der Waals surface area contributed by atoms with Crippen molar-refractivity contribution in [2.45, 2.75) is 26.6 Å². The molecule has 224 valence electrons. The predicted octanol–water partition coefficient (Wildman–Crippen LogP) is 5.64. The molecule has 1 aromatic carbocycles. The maximum atomic E-state index is 13.9. The normalized spacial score (nSPS) is 11.4. The van der Waals surface area contributed by atoms with Crippen LogP contribution < -0.4 is 16.8 Å². The quantitative estimate of drug-likeness (QED) is 0.0998. The van der Waals surface area contributed by atoms with Crippen molar-refractivity contribution >= 4 is 34.6 Å². The van der Waals surface area contributed by atoms with Crippen LogP contribution in [0.5, 0.6) is 0 Å². The van der Waals surface area contributed by atoms with Gasteiger partial charge in [-0.3, -0.25) is 19.8 Å². The maximum absolute atomic E-state index is 13.9. The molecule has 12 heteroatoms. The van der Waals surface area contributed by atoms with Gasteiger partial charge in [0.05, 0.1) is 24.5 Å². The molecule has 1 amide bonds.